The molecular formula is C12H16FN. The summed E-state index contributed by atoms with van der Waals surface area (Å²) in [5, 5.41) is 0. The average Bonchev–Trinajstić information content (AvgIpc) is 2.19. The van der Waals surface area contributed by atoms with Crippen LogP contribution in [0.3, 0.4) is 0 Å². The van der Waals surface area contributed by atoms with E-state index in [1.165, 1.54) is 11.1 Å². The Balaban J connectivity index is 2.53. The summed E-state index contributed by atoms with van der Waals surface area (Å²) < 4.78 is 12.2. The molecule has 1 aromatic rings. The van der Waals surface area contributed by atoms with Crippen LogP contribution in [0.2, 0.25) is 0 Å². The number of halogens is 1. The largest absolute Gasteiger partial charge is 0.327 e. The molecule has 0 radical (unpaired) electrons. The normalized spacial score (nSPS) is 11.8. The van der Waals surface area contributed by atoms with Gasteiger partial charge in [0, 0.05) is 6.54 Å². The van der Waals surface area contributed by atoms with Crippen molar-refractivity contribution < 1.29 is 4.39 Å². The lowest BCUT2D eigenvalue weighted by Crippen LogP contribution is -2.03. The zero-order chi connectivity index (χ0) is 10.4. The van der Waals surface area contributed by atoms with Crippen molar-refractivity contribution in [1.29, 1.82) is 0 Å². The first-order valence-corrected chi connectivity index (χ1v) is 4.80. The zero-order valence-electron chi connectivity index (χ0n) is 8.46. The minimum atomic E-state index is 0.308. The molecule has 0 atom stereocenters. The first-order valence-electron chi connectivity index (χ1n) is 4.80. The highest BCUT2D eigenvalue weighted by molar-refractivity contribution is 5.23. The fourth-order valence-electron chi connectivity index (χ4n) is 1.37. The maximum Gasteiger partial charge on any atom is 0.0871 e. The molecule has 2 heteroatoms. The van der Waals surface area contributed by atoms with Crippen molar-refractivity contribution in [2.75, 3.05) is 6.54 Å². The smallest absolute Gasteiger partial charge is 0.0871 e. The molecule has 0 aliphatic heterocycles. The second-order valence-electron chi connectivity index (χ2n) is 3.46. The average molecular weight is 193 g/mol. The highest BCUT2D eigenvalue weighted by Gasteiger charge is 1.97. The van der Waals surface area contributed by atoms with Gasteiger partial charge < -0.3 is 5.73 Å². The number of hydrogen-bond acceptors (Lipinski definition) is 1. The van der Waals surface area contributed by atoms with Crippen LogP contribution in [0.15, 0.2) is 36.2 Å². The molecule has 0 saturated heterocycles. The van der Waals surface area contributed by atoms with Gasteiger partial charge >= 0.3 is 0 Å². The van der Waals surface area contributed by atoms with Gasteiger partial charge in [0.1, 0.15) is 0 Å². The summed E-state index contributed by atoms with van der Waals surface area (Å²) in [6.07, 6.45) is 2.18. The van der Waals surface area contributed by atoms with Gasteiger partial charge in [0.05, 0.1) is 6.33 Å². The van der Waals surface area contributed by atoms with Crippen LogP contribution in [0, 0.1) is 6.92 Å². The standard InChI is InChI=1S/C12H16FN/c1-10-3-2-4-11(7-10)5-6-12(8-13)9-14/h2-4,7-8H,5-6,9,14H2,1H3/b12-8+. The van der Waals surface area contributed by atoms with Crippen molar-refractivity contribution in [3.8, 4) is 0 Å². The molecular weight excluding hydrogens is 177 g/mol. The molecule has 0 spiro atoms. The topological polar surface area (TPSA) is 26.0 Å². The van der Waals surface area contributed by atoms with E-state index in [1.807, 2.05) is 6.07 Å². The van der Waals surface area contributed by atoms with Crippen molar-refractivity contribution in [3.05, 3.63) is 47.3 Å². The lowest BCUT2D eigenvalue weighted by molar-refractivity contribution is 0.692. The molecule has 1 rings (SSSR count). The Morgan fingerprint density at radius 3 is 2.86 bits per heavy atom. The minimum absolute atomic E-state index is 0.308. The highest BCUT2D eigenvalue weighted by atomic mass is 19.1. The van der Waals surface area contributed by atoms with Crippen LogP contribution in [0.1, 0.15) is 17.5 Å². The van der Waals surface area contributed by atoms with E-state index in [-0.39, 0.29) is 0 Å². The van der Waals surface area contributed by atoms with E-state index in [4.69, 9.17) is 5.73 Å². The van der Waals surface area contributed by atoms with E-state index in [9.17, 15) is 4.39 Å². The monoisotopic (exact) mass is 193 g/mol. The zero-order valence-corrected chi connectivity index (χ0v) is 8.46. The highest BCUT2D eigenvalue weighted by Crippen LogP contribution is 2.10. The molecule has 0 amide bonds. The lowest BCUT2D eigenvalue weighted by atomic mass is 10.0. The Labute approximate surface area is 84.4 Å². The second kappa shape index (κ2) is 5.55. The van der Waals surface area contributed by atoms with E-state index < -0.39 is 0 Å². The Kier molecular flexibility index (Phi) is 4.33. The van der Waals surface area contributed by atoms with E-state index in [0.29, 0.717) is 24.9 Å². The van der Waals surface area contributed by atoms with Crippen LogP contribution >= 0.6 is 0 Å². The summed E-state index contributed by atoms with van der Waals surface area (Å²) in [5.41, 5.74) is 8.51. The van der Waals surface area contributed by atoms with Gasteiger partial charge in [-0.1, -0.05) is 29.8 Å². The van der Waals surface area contributed by atoms with Gasteiger partial charge in [0.15, 0.2) is 0 Å². The van der Waals surface area contributed by atoms with Crippen molar-refractivity contribution in [2.45, 2.75) is 19.8 Å². The first-order chi connectivity index (χ1) is 6.76. The van der Waals surface area contributed by atoms with Crippen LogP contribution in [0.5, 0.6) is 0 Å². The molecule has 0 unspecified atom stereocenters. The quantitative estimate of drug-likeness (QED) is 0.781. The molecule has 2 N–H and O–H groups in total. The summed E-state index contributed by atoms with van der Waals surface area (Å²) in [5.74, 6) is 0. The summed E-state index contributed by atoms with van der Waals surface area (Å²) in [6.45, 7) is 2.36. The minimum Gasteiger partial charge on any atom is -0.327 e. The van der Waals surface area contributed by atoms with Crippen molar-refractivity contribution in [2.24, 2.45) is 5.73 Å². The Morgan fingerprint density at radius 1 is 1.50 bits per heavy atom. The SMILES string of the molecule is Cc1cccc(CC/C(=C\F)CN)c1. The summed E-state index contributed by atoms with van der Waals surface area (Å²) in [4.78, 5) is 0. The van der Waals surface area contributed by atoms with Gasteiger partial charge in [-0.3, -0.25) is 0 Å². The Bertz CT molecular complexity index is 318. The third-order valence-corrected chi connectivity index (χ3v) is 2.23. The molecule has 1 nitrogen and oxygen atoms in total. The molecule has 0 bridgehead atoms. The third-order valence-electron chi connectivity index (χ3n) is 2.23. The van der Waals surface area contributed by atoms with E-state index in [0.717, 1.165) is 6.42 Å². The van der Waals surface area contributed by atoms with Crippen LogP contribution in [-0.4, -0.2) is 6.54 Å². The molecule has 0 aliphatic carbocycles. The van der Waals surface area contributed by atoms with Crippen LogP contribution in [0.4, 0.5) is 4.39 Å². The van der Waals surface area contributed by atoms with Gasteiger partial charge in [-0.25, -0.2) is 4.39 Å². The molecule has 0 heterocycles. The molecule has 0 fully saturated rings. The predicted octanol–water partition coefficient (Wildman–Crippen LogP) is 2.74. The van der Waals surface area contributed by atoms with Crippen molar-refractivity contribution in [1.82, 2.24) is 0 Å². The van der Waals surface area contributed by atoms with Crippen LogP contribution in [0.25, 0.3) is 0 Å². The Hall–Kier alpha value is -1.15. The van der Waals surface area contributed by atoms with Gasteiger partial charge in [0.25, 0.3) is 0 Å². The van der Waals surface area contributed by atoms with Crippen molar-refractivity contribution >= 4 is 0 Å². The second-order valence-corrected chi connectivity index (χ2v) is 3.46. The third kappa shape index (κ3) is 3.30. The van der Waals surface area contributed by atoms with Crippen LogP contribution in [-0.2, 0) is 6.42 Å². The van der Waals surface area contributed by atoms with E-state index in [1.54, 1.807) is 0 Å². The van der Waals surface area contributed by atoms with Crippen LogP contribution < -0.4 is 5.73 Å². The van der Waals surface area contributed by atoms with Crippen molar-refractivity contribution in [3.63, 3.8) is 0 Å². The van der Waals surface area contributed by atoms with Gasteiger partial charge in [0.2, 0.25) is 0 Å². The maximum absolute atomic E-state index is 12.2. The molecule has 0 aliphatic rings. The summed E-state index contributed by atoms with van der Waals surface area (Å²) in [7, 11) is 0. The Morgan fingerprint density at radius 2 is 2.29 bits per heavy atom. The number of nitrogens with two attached hydrogens (primary N) is 1. The summed E-state index contributed by atoms with van der Waals surface area (Å²) >= 11 is 0. The lowest BCUT2D eigenvalue weighted by Gasteiger charge is -2.03. The summed E-state index contributed by atoms with van der Waals surface area (Å²) in [6, 6.07) is 8.25. The van der Waals surface area contributed by atoms with Gasteiger partial charge in [-0.05, 0) is 30.9 Å². The molecule has 1 aromatic carbocycles. The fraction of sp³-hybridized carbons (Fsp3) is 0.333. The number of rotatable bonds is 4. The van der Waals surface area contributed by atoms with E-state index >= 15 is 0 Å². The number of hydrogen-bond donors (Lipinski definition) is 1. The molecule has 76 valence electrons. The van der Waals surface area contributed by atoms with Gasteiger partial charge in [-0.15, -0.1) is 0 Å². The number of benzene rings is 1. The van der Waals surface area contributed by atoms with Gasteiger partial charge in [-0.2, -0.15) is 0 Å². The maximum atomic E-state index is 12.2. The fourth-order valence-corrected chi connectivity index (χ4v) is 1.37. The predicted molar refractivity (Wildman–Crippen MR) is 57.7 cm³/mol. The molecule has 0 aromatic heterocycles. The molecule has 14 heavy (non-hydrogen) atoms. The first kappa shape index (κ1) is 10.9. The molecule has 0 saturated carbocycles. The van der Waals surface area contributed by atoms with E-state index in [2.05, 4.69) is 25.1 Å². The number of aryl methyl sites for hydroxylation is 2.